The lowest BCUT2D eigenvalue weighted by Crippen LogP contribution is -1.97. The van der Waals surface area contributed by atoms with Gasteiger partial charge in [-0.05, 0) is 63.0 Å². The third kappa shape index (κ3) is 3.82. The quantitative estimate of drug-likeness (QED) is 0.226. The first-order valence-corrected chi connectivity index (χ1v) is 14.0. The second kappa shape index (κ2) is 9.66. The van der Waals surface area contributed by atoms with Gasteiger partial charge in [0, 0.05) is 22.1 Å². The Morgan fingerprint density at radius 3 is 1.43 bits per heavy atom. The second-order valence-corrected chi connectivity index (χ2v) is 10.5. The normalized spacial score (nSPS) is 11.3. The monoisotopic (exact) mass is 533 g/mol. The zero-order valence-corrected chi connectivity index (χ0v) is 22.6. The van der Waals surface area contributed by atoms with Crippen LogP contribution in [0.3, 0.4) is 0 Å². The molecule has 1 aromatic heterocycles. The van der Waals surface area contributed by atoms with Gasteiger partial charge in [-0.25, -0.2) is 9.97 Å². The van der Waals surface area contributed by atoms with Crippen molar-refractivity contribution >= 4 is 10.8 Å². The lowest BCUT2D eigenvalue weighted by Gasteiger charge is -2.16. The zero-order valence-electron chi connectivity index (χ0n) is 22.6. The van der Waals surface area contributed by atoms with E-state index >= 15 is 0 Å². The molecule has 0 spiro atoms. The third-order valence-corrected chi connectivity index (χ3v) is 8.10. The summed E-state index contributed by atoms with van der Waals surface area (Å²) in [6.45, 7) is 0. The molecular weight excluding hydrogens is 510 g/mol. The average Bonchev–Trinajstić information content (AvgIpc) is 3.40. The molecule has 0 radical (unpaired) electrons. The summed E-state index contributed by atoms with van der Waals surface area (Å²) in [7, 11) is 0. The predicted octanol–water partition coefficient (Wildman–Crippen LogP) is 9.82. The minimum Gasteiger partial charge on any atom is -0.228 e. The molecule has 0 saturated carbocycles. The van der Waals surface area contributed by atoms with Crippen LogP contribution in [0.1, 0.15) is 5.56 Å². The molecule has 0 N–H and O–H groups in total. The Hall–Kier alpha value is -5.85. The summed E-state index contributed by atoms with van der Waals surface area (Å²) in [5.41, 5.74) is 12.5. The van der Waals surface area contributed by atoms with Gasteiger partial charge in [0.15, 0.2) is 5.82 Å². The standard InChI is InChI=1S/C39H23N3/c40-24-25-15-17-26(18-16-25)29-19-20-32-30-13-7-8-14-31(30)33-21-22-34(37(29)38(32)33)39-41-35(27-9-3-1-4-10-27)23-36(42-39)28-11-5-2-6-12-28/h1-23H. The lowest BCUT2D eigenvalue weighted by atomic mass is 9.90. The van der Waals surface area contributed by atoms with E-state index in [0.717, 1.165) is 44.6 Å². The molecule has 194 valence electrons. The van der Waals surface area contributed by atoms with Gasteiger partial charge < -0.3 is 0 Å². The molecule has 3 heteroatoms. The molecule has 0 aliphatic heterocycles. The molecule has 42 heavy (non-hydrogen) atoms. The Bertz CT molecular complexity index is 2090. The van der Waals surface area contributed by atoms with Crippen LogP contribution in [0.2, 0.25) is 0 Å². The molecule has 0 atom stereocenters. The summed E-state index contributed by atoms with van der Waals surface area (Å²) >= 11 is 0. The fourth-order valence-corrected chi connectivity index (χ4v) is 6.13. The van der Waals surface area contributed by atoms with Crippen molar-refractivity contribution in [3.63, 3.8) is 0 Å². The number of nitrogens with zero attached hydrogens (tertiary/aromatic N) is 3. The minimum absolute atomic E-state index is 0.642. The number of rotatable bonds is 4. The first-order chi connectivity index (χ1) is 20.8. The molecule has 1 aliphatic rings. The lowest BCUT2D eigenvalue weighted by molar-refractivity contribution is 1.19. The van der Waals surface area contributed by atoms with Crippen LogP contribution in [0.5, 0.6) is 0 Å². The molecule has 6 aromatic carbocycles. The summed E-state index contributed by atoms with van der Waals surface area (Å²) in [5, 5.41) is 11.8. The van der Waals surface area contributed by atoms with Crippen LogP contribution in [0.15, 0.2) is 140 Å². The molecule has 0 unspecified atom stereocenters. The van der Waals surface area contributed by atoms with Crippen LogP contribution in [-0.4, -0.2) is 9.97 Å². The van der Waals surface area contributed by atoms with Crippen LogP contribution in [-0.2, 0) is 0 Å². The molecule has 0 amide bonds. The van der Waals surface area contributed by atoms with Crippen LogP contribution >= 0.6 is 0 Å². The van der Waals surface area contributed by atoms with E-state index in [1.54, 1.807) is 0 Å². The van der Waals surface area contributed by atoms with Crippen molar-refractivity contribution in [1.82, 2.24) is 9.97 Å². The highest BCUT2D eigenvalue weighted by molar-refractivity contribution is 6.22. The number of nitriles is 1. The highest BCUT2D eigenvalue weighted by atomic mass is 14.9. The van der Waals surface area contributed by atoms with Gasteiger partial charge >= 0.3 is 0 Å². The first kappa shape index (κ1) is 24.0. The zero-order chi connectivity index (χ0) is 28.0. The van der Waals surface area contributed by atoms with E-state index in [2.05, 4.69) is 84.9 Å². The van der Waals surface area contributed by atoms with E-state index in [-0.39, 0.29) is 0 Å². The number of hydrogen-bond acceptors (Lipinski definition) is 3. The number of fused-ring (bicyclic) bond motifs is 3. The summed E-state index contributed by atoms with van der Waals surface area (Å²) in [6.07, 6.45) is 0. The Balaban J connectivity index is 1.46. The molecule has 0 fully saturated rings. The maximum atomic E-state index is 9.42. The van der Waals surface area contributed by atoms with E-state index in [9.17, 15) is 5.26 Å². The molecule has 0 bridgehead atoms. The van der Waals surface area contributed by atoms with Crippen molar-refractivity contribution in [3.8, 4) is 73.4 Å². The predicted molar refractivity (Wildman–Crippen MR) is 170 cm³/mol. The number of hydrogen-bond donors (Lipinski definition) is 0. The number of aromatic nitrogens is 2. The van der Waals surface area contributed by atoms with Gasteiger partial charge in [-0.2, -0.15) is 5.26 Å². The van der Waals surface area contributed by atoms with Crippen LogP contribution in [0.4, 0.5) is 0 Å². The highest BCUT2D eigenvalue weighted by Crippen LogP contribution is 2.51. The van der Waals surface area contributed by atoms with Gasteiger partial charge in [-0.1, -0.05) is 115 Å². The van der Waals surface area contributed by atoms with Crippen LogP contribution < -0.4 is 0 Å². The molecule has 1 heterocycles. The Labute approximate surface area is 244 Å². The van der Waals surface area contributed by atoms with Crippen molar-refractivity contribution in [2.45, 2.75) is 0 Å². The maximum absolute atomic E-state index is 9.42. The van der Waals surface area contributed by atoms with Crippen molar-refractivity contribution in [3.05, 3.63) is 145 Å². The average molecular weight is 534 g/mol. The summed E-state index contributed by atoms with van der Waals surface area (Å²) < 4.78 is 0. The third-order valence-electron chi connectivity index (χ3n) is 8.10. The molecule has 0 saturated heterocycles. The highest BCUT2D eigenvalue weighted by Gasteiger charge is 2.25. The fraction of sp³-hybridized carbons (Fsp3) is 0. The van der Waals surface area contributed by atoms with E-state index < -0.39 is 0 Å². The first-order valence-electron chi connectivity index (χ1n) is 14.0. The van der Waals surface area contributed by atoms with Gasteiger partial charge in [-0.3, -0.25) is 0 Å². The van der Waals surface area contributed by atoms with Crippen LogP contribution in [0, 0.1) is 11.3 Å². The topological polar surface area (TPSA) is 49.6 Å². The van der Waals surface area contributed by atoms with E-state index in [4.69, 9.17) is 9.97 Å². The SMILES string of the molecule is N#Cc1ccc(-c2ccc3c4c(ccc(-c5nc(-c6ccccc6)cc(-c6ccccc6)n5)c24)-c2ccccc2-3)cc1. The molecule has 3 nitrogen and oxygen atoms in total. The van der Waals surface area contributed by atoms with Gasteiger partial charge in [0.2, 0.25) is 0 Å². The molecular formula is C39H23N3. The number of benzene rings is 6. The van der Waals surface area contributed by atoms with Gasteiger partial charge in [-0.15, -0.1) is 0 Å². The molecule has 7 aromatic rings. The molecule has 1 aliphatic carbocycles. The summed E-state index contributed by atoms with van der Waals surface area (Å²) in [5.74, 6) is 0.685. The Morgan fingerprint density at radius 2 is 0.881 bits per heavy atom. The van der Waals surface area contributed by atoms with E-state index in [1.807, 2.05) is 60.7 Å². The van der Waals surface area contributed by atoms with Gasteiger partial charge in [0.25, 0.3) is 0 Å². The summed E-state index contributed by atoms with van der Waals surface area (Å²) in [4.78, 5) is 10.4. The fourth-order valence-electron chi connectivity index (χ4n) is 6.13. The second-order valence-electron chi connectivity index (χ2n) is 10.5. The summed E-state index contributed by atoms with van der Waals surface area (Å²) in [6, 6.07) is 50.1. The Kier molecular flexibility index (Phi) is 5.52. The Morgan fingerprint density at radius 1 is 0.405 bits per heavy atom. The van der Waals surface area contributed by atoms with Crippen LogP contribution in [0.25, 0.3) is 78.1 Å². The van der Waals surface area contributed by atoms with Crippen molar-refractivity contribution in [2.24, 2.45) is 0 Å². The maximum Gasteiger partial charge on any atom is 0.161 e. The van der Waals surface area contributed by atoms with Gasteiger partial charge in [0.1, 0.15) is 0 Å². The van der Waals surface area contributed by atoms with E-state index in [0.29, 0.717) is 11.4 Å². The van der Waals surface area contributed by atoms with Gasteiger partial charge in [0.05, 0.1) is 23.0 Å². The smallest absolute Gasteiger partial charge is 0.161 e. The van der Waals surface area contributed by atoms with Crippen molar-refractivity contribution in [2.75, 3.05) is 0 Å². The molecule has 8 rings (SSSR count). The van der Waals surface area contributed by atoms with E-state index in [1.165, 1.54) is 27.6 Å². The largest absolute Gasteiger partial charge is 0.228 e. The van der Waals surface area contributed by atoms with Crippen molar-refractivity contribution in [1.29, 1.82) is 5.26 Å². The van der Waals surface area contributed by atoms with Crippen molar-refractivity contribution < 1.29 is 0 Å². The minimum atomic E-state index is 0.642.